The van der Waals surface area contributed by atoms with E-state index >= 15 is 0 Å². The zero-order valence-electron chi connectivity index (χ0n) is 19.0. The van der Waals surface area contributed by atoms with Crippen LogP contribution >= 0.6 is 0 Å². The molecule has 0 radical (unpaired) electrons. The van der Waals surface area contributed by atoms with Crippen LogP contribution in [0.5, 0.6) is 0 Å². The molecule has 2 saturated carbocycles. The quantitative estimate of drug-likeness (QED) is 0.458. The second kappa shape index (κ2) is 8.70. The molecule has 1 spiro atoms. The molecule has 0 amide bonds. The third-order valence-corrected chi connectivity index (χ3v) is 7.78. The zero-order chi connectivity index (χ0) is 23.0. The number of hydrogen-bond donors (Lipinski definition) is 2. The van der Waals surface area contributed by atoms with Crippen molar-refractivity contribution in [2.45, 2.75) is 115 Å². The van der Waals surface area contributed by atoms with Gasteiger partial charge in [-0.05, 0) is 51.9 Å². The monoisotopic (exact) mass is 440 g/mol. The Morgan fingerprint density at radius 2 is 1.94 bits per heavy atom. The fourth-order valence-electron chi connectivity index (χ4n) is 6.09. The van der Waals surface area contributed by atoms with E-state index in [1.54, 1.807) is 6.92 Å². The highest BCUT2D eigenvalue weighted by Gasteiger charge is 2.61. The fourth-order valence-corrected chi connectivity index (χ4v) is 6.09. The van der Waals surface area contributed by atoms with Crippen molar-refractivity contribution in [1.82, 2.24) is 0 Å². The van der Waals surface area contributed by atoms with Crippen molar-refractivity contribution in [3.05, 3.63) is 0 Å². The van der Waals surface area contributed by atoms with Gasteiger partial charge < -0.3 is 24.4 Å². The van der Waals surface area contributed by atoms with E-state index in [0.29, 0.717) is 32.1 Å². The largest absolute Gasteiger partial charge is 0.462 e. The minimum atomic E-state index is -1.54. The van der Waals surface area contributed by atoms with E-state index < -0.39 is 35.3 Å². The lowest BCUT2D eigenvalue weighted by atomic mass is 9.71. The molecule has 2 unspecified atom stereocenters. The van der Waals surface area contributed by atoms with Gasteiger partial charge in [0.25, 0.3) is 0 Å². The predicted molar refractivity (Wildman–Crippen MR) is 110 cm³/mol. The summed E-state index contributed by atoms with van der Waals surface area (Å²) >= 11 is 0. The summed E-state index contributed by atoms with van der Waals surface area (Å²) in [6.45, 7) is 6.37. The van der Waals surface area contributed by atoms with E-state index in [2.05, 4.69) is 6.92 Å². The first-order valence-corrected chi connectivity index (χ1v) is 11.3. The highest BCUT2D eigenvalue weighted by Crippen LogP contribution is 2.53. The highest BCUT2D eigenvalue weighted by molar-refractivity contribution is 5.72. The molecule has 3 rings (SSSR count). The number of aliphatic hydroxyl groups excluding tert-OH is 1. The third kappa shape index (κ3) is 4.90. The van der Waals surface area contributed by atoms with Crippen LogP contribution in [0.1, 0.15) is 85.5 Å². The molecule has 0 aromatic rings. The van der Waals surface area contributed by atoms with Crippen LogP contribution in [0, 0.1) is 11.3 Å². The second-order valence-corrected chi connectivity index (χ2v) is 10.2. The van der Waals surface area contributed by atoms with E-state index in [1.165, 1.54) is 13.8 Å². The Balaban J connectivity index is 1.72. The Morgan fingerprint density at radius 1 is 1.26 bits per heavy atom. The second-order valence-electron chi connectivity index (χ2n) is 10.2. The summed E-state index contributed by atoms with van der Waals surface area (Å²) in [5.74, 6) is -1.61. The number of carbonyl (C=O) groups is 3. The Hall–Kier alpha value is -1.67. The molecule has 1 heterocycles. The van der Waals surface area contributed by atoms with E-state index in [4.69, 9.17) is 14.2 Å². The minimum absolute atomic E-state index is 0.191. The van der Waals surface area contributed by atoms with Crippen molar-refractivity contribution < 1.29 is 38.8 Å². The van der Waals surface area contributed by atoms with Gasteiger partial charge >= 0.3 is 17.9 Å². The van der Waals surface area contributed by atoms with Crippen molar-refractivity contribution in [2.75, 3.05) is 0 Å². The topological polar surface area (TPSA) is 119 Å². The first-order valence-electron chi connectivity index (χ1n) is 11.3. The van der Waals surface area contributed by atoms with Gasteiger partial charge in [0, 0.05) is 38.0 Å². The van der Waals surface area contributed by atoms with Crippen molar-refractivity contribution in [3.8, 4) is 0 Å². The Kier molecular flexibility index (Phi) is 6.73. The molecule has 2 aliphatic carbocycles. The van der Waals surface area contributed by atoms with Crippen molar-refractivity contribution >= 4 is 17.9 Å². The molecular formula is C23H36O8. The molecule has 0 aromatic heterocycles. The van der Waals surface area contributed by atoms with Crippen molar-refractivity contribution in [1.29, 1.82) is 0 Å². The summed E-state index contributed by atoms with van der Waals surface area (Å²) in [7, 11) is 0. The lowest BCUT2D eigenvalue weighted by Gasteiger charge is -2.43. The first kappa shape index (κ1) is 24.0. The van der Waals surface area contributed by atoms with Gasteiger partial charge in [0.2, 0.25) is 0 Å². The Morgan fingerprint density at radius 3 is 2.52 bits per heavy atom. The maximum Gasteiger partial charge on any atom is 0.306 e. The summed E-state index contributed by atoms with van der Waals surface area (Å²) < 4.78 is 16.5. The lowest BCUT2D eigenvalue weighted by molar-refractivity contribution is -0.176. The van der Waals surface area contributed by atoms with Crippen LogP contribution in [0.3, 0.4) is 0 Å². The van der Waals surface area contributed by atoms with Crippen molar-refractivity contribution in [3.63, 3.8) is 0 Å². The molecule has 1 aliphatic heterocycles. The molecular weight excluding hydrogens is 404 g/mol. The normalized spacial score (nSPS) is 38.0. The van der Waals surface area contributed by atoms with Gasteiger partial charge in [-0.2, -0.15) is 0 Å². The standard InChI is InChI=1S/C23H36O8/c1-14(24)29-16-12-17(23(13-16)11-8-20(27)31-23)22(4,28)18(26)7-10-21(3)9-5-6-19(21)30-15(2)25/h16-19,26,28H,5-13H2,1-4H3/t16-,17+,18?,19-,21+,22?,23+/m0/s1. The maximum atomic E-state index is 11.9. The number of aliphatic hydroxyl groups is 2. The van der Waals surface area contributed by atoms with Gasteiger partial charge in [-0.1, -0.05) is 6.92 Å². The smallest absolute Gasteiger partial charge is 0.306 e. The SMILES string of the molecule is CC(=O)O[C@H]1C[C@H](C(C)(O)C(O)CC[C@@]2(C)CCC[C@@H]2OC(C)=O)[C@@]2(CCC(=O)O2)C1. The van der Waals surface area contributed by atoms with Crippen LogP contribution < -0.4 is 0 Å². The van der Waals surface area contributed by atoms with Gasteiger partial charge in [-0.3, -0.25) is 14.4 Å². The molecule has 31 heavy (non-hydrogen) atoms. The number of carbonyl (C=O) groups excluding carboxylic acids is 3. The predicted octanol–water partition coefficient (Wildman–Crippen LogP) is 2.42. The fraction of sp³-hybridized carbons (Fsp3) is 0.870. The van der Waals surface area contributed by atoms with E-state index in [1.807, 2.05) is 0 Å². The first-order chi connectivity index (χ1) is 14.4. The average molecular weight is 441 g/mol. The Labute approximate surface area is 183 Å². The summed E-state index contributed by atoms with van der Waals surface area (Å²) in [5, 5.41) is 22.5. The molecule has 7 atom stereocenters. The number of hydrogen-bond acceptors (Lipinski definition) is 8. The lowest BCUT2D eigenvalue weighted by Crippen LogP contribution is -2.54. The van der Waals surface area contributed by atoms with Crippen LogP contribution in [0.4, 0.5) is 0 Å². The Bertz CT molecular complexity index is 718. The van der Waals surface area contributed by atoms with Crippen LogP contribution in [0.15, 0.2) is 0 Å². The number of ether oxygens (including phenoxy) is 3. The number of rotatable bonds is 7. The summed E-state index contributed by atoms with van der Waals surface area (Å²) in [6, 6.07) is 0. The summed E-state index contributed by atoms with van der Waals surface area (Å²) in [5.41, 5.74) is -2.72. The molecule has 2 N–H and O–H groups in total. The molecule has 0 bridgehead atoms. The summed E-state index contributed by atoms with van der Waals surface area (Å²) in [4.78, 5) is 34.8. The average Bonchev–Trinajstić information content (AvgIpc) is 3.31. The van der Waals surface area contributed by atoms with Crippen LogP contribution in [-0.2, 0) is 28.6 Å². The molecule has 0 aromatic carbocycles. The summed E-state index contributed by atoms with van der Waals surface area (Å²) in [6.07, 6.45) is 3.16. The van der Waals surface area contributed by atoms with Crippen LogP contribution in [0.25, 0.3) is 0 Å². The van der Waals surface area contributed by atoms with Gasteiger partial charge in [-0.25, -0.2) is 0 Å². The van der Waals surface area contributed by atoms with E-state index in [-0.39, 0.29) is 29.9 Å². The zero-order valence-corrected chi connectivity index (χ0v) is 19.0. The van der Waals surface area contributed by atoms with Gasteiger partial charge in [-0.15, -0.1) is 0 Å². The molecule has 3 fully saturated rings. The van der Waals surface area contributed by atoms with Gasteiger partial charge in [0.1, 0.15) is 17.8 Å². The third-order valence-electron chi connectivity index (χ3n) is 7.78. The van der Waals surface area contributed by atoms with Gasteiger partial charge in [0.05, 0.1) is 11.7 Å². The van der Waals surface area contributed by atoms with E-state index in [0.717, 1.165) is 19.3 Å². The van der Waals surface area contributed by atoms with Crippen molar-refractivity contribution in [2.24, 2.45) is 11.3 Å². The maximum absolute atomic E-state index is 11.9. The molecule has 8 heteroatoms. The molecule has 3 aliphatic rings. The number of esters is 3. The molecule has 176 valence electrons. The highest BCUT2D eigenvalue weighted by atomic mass is 16.6. The van der Waals surface area contributed by atoms with Gasteiger partial charge in [0.15, 0.2) is 0 Å². The minimum Gasteiger partial charge on any atom is -0.462 e. The van der Waals surface area contributed by atoms with Crippen LogP contribution in [0.2, 0.25) is 0 Å². The van der Waals surface area contributed by atoms with E-state index in [9.17, 15) is 24.6 Å². The molecule has 8 nitrogen and oxygen atoms in total. The molecule has 1 saturated heterocycles. The van der Waals surface area contributed by atoms with Crippen LogP contribution in [-0.4, -0.2) is 57.6 Å².